The van der Waals surface area contributed by atoms with Crippen molar-refractivity contribution in [2.45, 2.75) is 245 Å². The summed E-state index contributed by atoms with van der Waals surface area (Å²) in [6.07, 6.45) is 32.9. The van der Waals surface area contributed by atoms with Gasteiger partial charge in [-0.1, -0.05) is 200 Å². The van der Waals surface area contributed by atoms with Crippen molar-refractivity contribution in [3.63, 3.8) is 0 Å². The number of carbonyl (C=O) groups excluding carboxylic acids is 4. The minimum atomic E-state index is -4.63. The van der Waals surface area contributed by atoms with Crippen LogP contribution in [0.25, 0.3) is 10.9 Å². The zero-order valence-electron chi connectivity index (χ0n) is 45.0. The number of aromatic nitrogens is 1. The molecule has 408 valence electrons. The first-order valence-corrected chi connectivity index (χ1v) is 29.8. The molecule has 71 heavy (non-hydrogen) atoms. The predicted octanol–water partition coefficient (Wildman–Crippen LogP) is 13.3. The van der Waals surface area contributed by atoms with Gasteiger partial charge in [-0.3, -0.25) is 28.2 Å². The van der Waals surface area contributed by atoms with Gasteiger partial charge in [-0.05, 0) is 37.7 Å². The fraction of sp³-hybridized carbons (Fsp3) is 0.786. The third-order valence-corrected chi connectivity index (χ3v) is 14.4. The Morgan fingerprint density at radius 1 is 0.648 bits per heavy atom. The maximum absolute atomic E-state index is 13.3. The number of phosphoric ester groups is 1. The number of nitrogens with one attached hydrogen (secondary N) is 4. The molecule has 0 radical (unpaired) electrons. The average Bonchev–Trinajstić information content (AvgIpc) is 3.80. The molecule has 1 unspecified atom stereocenters. The van der Waals surface area contributed by atoms with Gasteiger partial charge in [0.25, 0.3) is 5.91 Å². The van der Waals surface area contributed by atoms with Gasteiger partial charge >= 0.3 is 13.8 Å². The summed E-state index contributed by atoms with van der Waals surface area (Å²) in [6, 6.07) is 5.81. The summed E-state index contributed by atoms with van der Waals surface area (Å²) in [5.41, 5.74) is 1.23. The van der Waals surface area contributed by atoms with Crippen molar-refractivity contribution in [2.75, 3.05) is 33.0 Å². The summed E-state index contributed by atoms with van der Waals surface area (Å²) in [7, 11) is -4.63. The zero-order valence-corrected chi connectivity index (χ0v) is 45.9. The van der Waals surface area contributed by atoms with E-state index in [1.807, 2.05) is 38.1 Å². The number of fused-ring (bicyclic) bond motifs is 1. The largest absolute Gasteiger partial charge is 0.472 e. The molecule has 3 amide bonds. The van der Waals surface area contributed by atoms with Gasteiger partial charge in [-0.15, -0.1) is 0 Å². The number of benzene rings is 1. The van der Waals surface area contributed by atoms with Crippen LogP contribution >= 0.6 is 7.82 Å². The predicted molar refractivity (Wildman–Crippen MR) is 287 cm³/mol. The van der Waals surface area contributed by atoms with Crippen molar-refractivity contribution in [1.82, 2.24) is 20.9 Å². The van der Waals surface area contributed by atoms with Gasteiger partial charge < -0.3 is 35.3 Å². The number of hydrogen-bond acceptors (Lipinski definition) is 9. The van der Waals surface area contributed by atoms with Crippen LogP contribution in [0.2, 0.25) is 0 Å². The number of unbranched alkanes of at least 4 members (excludes halogenated alkanes) is 22. The number of aromatic amines is 1. The van der Waals surface area contributed by atoms with E-state index < -0.39 is 31.7 Å². The third-order valence-electron chi connectivity index (χ3n) is 13.4. The minimum absolute atomic E-state index is 0.0108. The van der Waals surface area contributed by atoms with Crippen LogP contribution in [0.5, 0.6) is 0 Å². The molecule has 14 nitrogen and oxygen atoms in total. The first kappa shape index (κ1) is 63.8. The number of para-hydroxylation sites is 1. The molecule has 0 aliphatic rings. The molecule has 0 saturated heterocycles. The molecule has 1 heterocycles. The number of hydrogen-bond donors (Lipinski definition) is 5. The highest BCUT2D eigenvalue weighted by Crippen LogP contribution is 2.43. The monoisotopic (exact) mass is 1020 g/mol. The highest BCUT2D eigenvalue weighted by Gasteiger charge is 2.29. The fourth-order valence-electron chi connectivity index (χ4n) is 8.73. The molecule has 0 aliphatic carbocycles. The second-order valence-electron chi connectivity index (χ2n) is 19.8. The first-order chi connectivity index (χ1) is 34.4. The van der Waals surface area contributed by atoms with E-state index in [9.17, 15) is 28.6 Å². The van der Waals surface area contributed by atoms with Crippen LogP contribution in [0, 0.1) is 5.92 Å². The Morgan fingerprint density at radius 2 is 1.20 bits per heavy atom. The third kappa shape index (κ3) is 31.1. The molecule has 2 rings (SSSR count). The normalized spacial score (nSPS) is 14.1. The number of phosphoric acid groups is 1. The van der Waals surface area contributed by atoms with E-state index in [1.54, 1.807) is 6.20 Å². The SMILES string of the molecule is CCCCCCCCCCCCCC(=O)N[C@H](COCC[C@@H](CCCCCCC)OC(=O)CCCCCCCCCCC)COP(=O)(O)OCCNC(=O)[C@@H](NC(=O)c1c[nH]c2ccccc12)[C@@H](C)CC. The van der Waals surface area contributed by atoms with E-state index in [4.69, 9.17) is 18.5 Å². The van der Waals surface area contributed by atoms with Crippen LogP contribution in [-0.4, -0.2) is 84.7 Å². The van der Waals surface area contributed by atoms with E-state index in [2.05, 4.69) is 41.7 Å². The molecular weight excluding hydrogens is 920 g/mol. The quantitative estimate of drug-likeness (QED) is 0.0242. The molecule has 0 aliphatic heterocycles. The Balaban J connectivity index is 1.93. The van der Waals surface area contributed by atoms with Crippen molar-refractivity contribution in [3.8, 4) is 0 Å². The second kappa shape index (κ2) is 41.1. The van der Waals surface area contributed by atoms with Gasteiger partial charge in [0.05, 0.1) is 38.0 Å². The van der Waals surface area contributed by atoms with E-state index in [0.29, 0.717) is 31.2 Å². The van der Waals surface area contributed by atoms with Crippen molar-refractivity contribution in [2.24, 2.45) is 5.92 Å². The van der Waals surface area contributed by atoms with Gasteiger partial charge in [0, 0.05) is 42.9 Å². The molecule has 0 spiro atoms. The van der Waals surface area contributed by atoms with Crippen molar-refractivity contribution in [1.29, 1.82) is 0 Å². The summed E-state index contributed by atoms with van der Waals surface area (Å²) in [6.45, 7) is 9.91. The second-order valence-corrected chi connectivity index (χ2v) is 21.2. The summed E-state index contributed by atoms with van der Waals surface area (Å²) in [5, 5.41) is 9.26. The van der Waals surface area contributed by atoms with Crippen molar-refractivity contribution in [3.05, 3.63) is 36.0 Å². The Morgan fingerprint density at radius 3 is 1.79 bits per heavy atom. The molecule has 2 aromatic rings. The summed E-state index contributed by atoms with van der Waals surface area (Å²) in [4.78, 5) is 66.5. The van der Waals surface area contributed by atoms with Crippen LogP contribution in [-0.2, 0) is 37.5 Å². The lowest BCUT2D eigenvalue weighted by atomic mass is 9.98. The standard InChI is InChI=1S/C56H99N4O10P/c1-6-10-13-16-18-20-21-23-24-27-30-37-52(61)59-47(44-67-41-39-48(34-29-26-15-12-8-3)70-53(62)38-31-28-25-22-19-17-14-11-7-2)45-69-71(65,66)68-42-40-57-56(64)54(46(5)9-4)60-55(63)50-43-58-51-36-33-32-35-49(50)51/h32-33,35-36,43,46-48,54,58H,6-31,34,37-42,44-45H2,1-5H3,(H,57,64)(H,59,61)(H,60,63)(H,65,66)/t46-,47+,48+,54-/m0/s1. The topological polar surface area (TPSA) is 194 Å². The Hall–Kier alpha value is -3.29. The number of amides is 3. The van der Waals surface area contributed by atoms with Crippen LogP contribution < -0.4 is 16.0 Å². The molecule has 5 atom stereocenters. The van der Waals surface area contributed by atoms with E-state index in [-0.39, 0.29) is 56.9 Å². The Bertz CT molecular complexity index is 1740. The minimum Gasteiger partial charge on any atom is -0.462 e. The maximum atomic E-state index is 13.3. The lowest BCUT2D eigenvalue weighted by molar-refractivity contribution is -0.150. The molecule has 0 fully saturated rings. The Kier molecular flexibility index (Phi) is 37.0. The average molecular weight is 1020 g/mol. The molecule has 0 bridgehead atoms. The molecular formula is C56H99N4O10P. The van der Waals surface area contributed by atoms with E-state index >= 15 is 0 Å². The first-order valence-electron chi connectivity index (χ1n) is 28.3. The van der Waals surface area contributed by atoms with Crippen LogP contribution in [0.15, 0.2) is 30.5 Å². The molecule has 1 aromatic heterocycles. The molecule has 0 saturated carbocycles. The van der Waals surface area contributed by atoms with Gasteiger partial charge in [-0.25, -0.2) is 4.57 Å². The van der Waals surface area contributed by atoms with Gasteiger partial charge in [0.15, 0.2) is 0 Å². The van der Waals surface area contributed by atoms with Gasteiger partial charge in [0.1, 0.15) is 12.1 Å². The van der Waals surface area contributed by atoms with Crippen molar-refractivity contribution >= 4 is 42.4 Å². The number of esters is 1. The van der Waals surface area contributed by atoms with Crippen LogP contribution in [0.1, 0.15) is 238 Å². The number of H-pyrrole nitrogens is 1. The molecule has 5 N–H and O–H groups in total. The number of carbonyl (C=O) groups is 4. The van der Waals surface area contributed by atoms with E-state index in [0.717, 1.165) is 88.0 Å². The Labute approximate surface area is 429 Å². The summed E-state index contributed by atoms with van der Waals surface area (Å²) < 4.78 is 35.8. The van der Waals surface area contributed by atoms with Gasteiger partial charge in [-0.2, -0.15) is 0 Å². The summed E-state index contributed by atoms with van der Waals surface area (Å²) >= 11 is 0. The highest BCUT2D eigenvalue weighted by molar-refractivity contribution is 7.47. The maximum Gasteiger partial charge on any atom is 0.472 e. The number of ether oxygens (including phenoxy) is 2. The lowest BCUT2D eigenvalue weighted by Crippen LogP contribution is -2.50. The number of rotatable bonds is 47. The smallest absolute Gasteiger partial charge is 0.462 e. The highest BCUT2D eigenvalue weighted by atomic mass is 31.2. The zero-order chi connectivity index (χ0) is 51.8. The van der Waals surface area contributed by atoms with Gasteiger partial charge in [0.2, 0.25) is 11.8 Å². The summed E-state index contributed by atoms with van der Waals surface area (Å²) in [5.74, 6) is -1.41. The van der Waals surface area contributed by atoms with Crippen LogP contribution in [0.3, 0.4) is 0 Å². The van der Waals surface area contributed by atoms with E-state index in [1.165, 1.54) is 89.9 Å². The van der Waals surface area contributed by atoms with Crippen molar-refractivity contribution < 1.29 is 47.2 Å². The van der Waals surface area contributed by atoms with Crippen LogP contribution in [0.4, 0.5) is 0 Å². The lowest BCUT2D eigenvalue weighted by Gasteiger charge is -2.24. The fourth-order valence-corrected chi connectivity index (χ4v) is 9.50. The molecule has 15 heteroatoms. The molecule has 1 aromatic carbocycles.